The molecule has 3 rings (SSSR count). The topological polar surface area (TPSA) is 67.0 Å². The van der Waals surface area contributed by atoms with Crippen LogP contribution in [-0.2, 0) is 11.3 Å². The van der Waals surface area contributed by atoms with Gasteiger partial charge in [0.15, 0.2) is 0 Å². The van der Waals surface area contributed by atoms with E-state index in [-0.39, 0.29) is 5.57 Å². The summed E-state index contributed by atoms with van der Waals surface area (Å²) in [7, 11) is 1.57. The molecule has 0 spiro atoms. The number of amides is 1. The summed E-state index contributed by atoms with van der Waals surface area (Å²) in [5.41, 5.74) is 2.31. The van der Waals surface area contributed by atoms with Gasteiger partial charge in [-0.05, 0) is 36.4 Å². The lowest BCUT2D eigenvalue weighted by Gasteiger charge is -2.05. The predicted molar refractivity (Wildman–Crippen MR) is 106 cm³/mol. The number of benzene rings is 2. The van der Waals surface area contributed by atoms with Crippen LogP contribution in [0.2, 0.25) is 0 Å². The molecular weight excluding hydrogens is 338 g/mol. The third-order valence-corrected chi connectivity index (χ3v) is 4.09. The Balaban J connectivity index is 1.92. The smallest absolute Gasteiger partial charge is 0.266 e. The van der Waals surface area contributed by atoms with E-state index in [1.165, 1.54) is 0 Å². The zero-order chi connectivity index (χ0) is 19.2. The fourth-order valence-corrected chi connectivity index (χ4v) is 2.80. The number of aromatic nitrogens is 1. The van der Waals surface area contributed by atoms with Crippen LogP contribution >= 0.6 is 0 Å². The Bertz CT molecular complexity index is 1090. The van der Waals surface area contributed by atoms with E-state index in [4.69, 9.17) is 11.2 Å². The lowest BCUT2D eigenvalue weighted by Crippen LogP contribution is -2.13. The highest BCUT2D eigenvalue weighted by atomic mass is 16.5. The molecular formula is C22H17N3O2. The van der Waals surface area contributed by atoms with E-state index < -0.39 is 5.91 Å². The molecule has 0 unspecified atom stereocenters. The average molecular weight is 355 g/mol. The quantitative estimate of drug-likeness (QED) is 0.430. The molecule has 5 heteroatoms. The number of carbonyl (C=O) groups excluding carboxylic acids is 1. The molecule has 0 saturated heterocycles. The Labute approximate surface area is 157 Å². The summed E-state index contributed by atoms with van der Waals surface area (Å²) in [6, 6.07) is 16.6. The molecule has 0 fully saturated rings. The Kier molecular flexibility index (Phi) is 5.25. The number of nitriles is 1. The van der Waals surface area contributed by atoms with Crippen LogP contribution in [0.4, 0.5) is 5.69 Å². The molecule has 1 aromatic heterocycles. The van der Waals surface area contributed by atoms with Crippen LogP contribution < -0.4 is 10.1 Å². The van der Waals surface area contributed by atoms with Gasteiger partial charge in [0, 0.05) is 28.4 Å². The summed E-state index contributed by atoms with van der Waals surface area (Å²) >= 11 is 0. The van der Waals surface area contributed by atoms with Crippen LogP contribution in [0.15, 0.2) is 60.3 Å². The minimum Gasteiger partial charge on any atom is -0.497 e. The summed E-state index contributed by atoms with van der Waals surface area (Å²) in [6.45, 7) is 0.411. The van der Waals surface area contributed by atoms with Crippen LogP contribution in [-0.4, -0.2) is 17.6 Å². The van der Waals surface area contributed by atoms with Gasteiger partial charge in [-0.2, -0.15) is 5.26 Å². The van der Waals surface area contributed by atoms with Crippen LogP contribution in [0.1, 0.15) is 5.56 Å². The summed E-state index contributed by atoms with van der Waals surface area (Å²) in [6.07, 6.45) is 8.86. The second kappa shape index (κ2) is 7.95. The van der Waals surface area contributed by atoms with Crippen LogP contribution in [0.3, 0.4) is 0 Å². The van der Waals surface area contributed by atoms with Gasteiger partial charge in [0.25, 0.3) is 5.91 Å². The van der Waals surface area contributed by atoms with Crippen molar-refractivity contribution in [2.75, 3.05) is 12.4 Å². The lowest BCUT2D eigenvalue weighted by molar-refractivity contribution is -0.112. The number of anilines is 1. The predicted octanol–water partition coefficient (Wildman–Crippen LogP) is 3.83. The Morgan fingerprint density at radius 2 is 2.00 bits per heavy atom. The monoisotopic (exact) mass is 355 g/mol. The summed E-state index contributed by atoms with van der Waals surface area (Å²) in [5.74, 6) is 2.82. The van der Waals surface area contributed by atoms with Crippen molar-refractivity contribution < 1.29 is 9.53 Å². The zero-order valence-corrected chi connectivity index (χ0v) is 14.8. The van der Waals surface area contributed by atoms with Crippen LogP contribution in [0, 0.1) is 23.7 Å². The minimum absolute atomic E-state index is 0.00873. The van der Waals surface area contributed by atoms with Gasteiger partial charge in [-0.25, -0.2) is 0 Å². The molecule has 0 atom stereocenters. The van der Waals surface area contributed by atoms with E-state index in [1.807, 2.05) is 41.1 Å². The molecule has 27 heavy (non-hydrogen) atoms. The fourth-order valence-electron chi connectivity index (χ4n) is 2.80. The van der Waals surface area contributed by atoms with Gasteiger partial charge in [0.1, 0.15) is 17.4 Å². The van der Waals surface area contributed by atoms with E-state index in [0.29, 0.717) is 18.0 Å². The summed E-state index contributed by atoms with van der Waals surface area (Å²) in [5, 5.41) is 13.1. The molecule has 3 aromatic rings. The number of nitrogens with zero attached hydrogens (tertiary/aromatic N) is 2. The van der Waals surface area contributed by atoms with E-state index in [2.05, 4.69) is 11.2 Å². The molecule has 5 nitrogen and oxygen atoms in total. The van der Waals surface area contributed by atoms with Crippen molar-refractivity contribution in [2.45, 2.75) is 6.54 Å². The maximum Gasteiger partial charge on any atom is 0.266 e. The highest BCUT2D eigenvalue weighted by Crippen LogP contribution is 2.24. The highest BCUT2D eigenvalue weighted by molar-refractivity contribution is 6.10. The highest BCUT2D eigenvalue weighted by Gasteiger charge is 2.12. The number of para-hydroxylation sites is 1. The molecule has 0 bridgehead atoms. The third-order valence-electron chi connectivity index (χ3n) is 4.09. The zero-order valence-electron chi connectivity index (χ0n) is 14.8. The van der Waals surface area contributed by atoms with E-state index >= 15 is 0 Å². The van der Waals surface area contributed by atoms with E-state index in [9.17, 15) is 10.1 Å². The number of ether oxygens (including phenoxy) is 1. The van der Waals surface area contributed by atoms with Crippen molar-refractivity contribution in [1.29, 1.82) is 5.26 Å². The van der Waals surface area contributed by atoms with Gasteiger partial charge in [-0.15, -0.1) is 6.42 Å². The first-order chi connectivity index (χ1) is 13.2. The molecule has 1 N–H and O–H groups in total. The Hall–Kier alpha value is -3.96. The van der Waals surface area contributed by atoms with Gasteiger partial charge < -0.3 is 14.6 Å². The van der Waals surface area contributed by atoms with Gasteiger partial charge in [0.2, 0.25) is 0 Å². The first-order valence-electron chi connectivity index (χ1n) is 8.25. The SMILES string of the molecule is C#CCn1cc(C=C(C#N)C(=O)Nc2ccc(OC)cc2)c2ccccc21. The molecule has 2 aromatic carbocycles. The van der Waals surface area contributed by atoms with Crippen LogP contribution in [0.5, 0.6) is 5.75 Å². The van der Waals surface area contributed by atoms with Crippen molar-refractivity contribution in [3.05, 3.63) is 65.9 Å². The molecule has 0 saturated carbocycles. The fraction of sp³-hybridized carbons (Fsp3) is 0.0909. The van der Waals surface area contributed by atoms with Crippen molar-refractivity contribution in [2.24, 2.45) is 0 Å². The van der Waals surface area contributed by atoms with Gasteiger partial charge in [-0.3, -0.25) is 4.79 Å². The summed E-state index contributed by atoms with van der Waals surface area (Å²) in [4.78, 5) is 12.5. The largest absolute Gasteiger partial charge is 0.497 e. The number of rotatable bonds is 5. The number of hydrogen-bond acceptors (Lipinski definition) is 3. The number of hydrogen-bond donors (Lipinski definition) is 1. The van der Waals surface area contributed by atoms with Gasteiger partial charge in [-0.1, -0.05) is 24.1 Å². The maximum atomic E-state index is 12.5. The number of terminal acetylenes is 1. The molecule has 0 aliphatic carbocycles. The van der Waals surface area contributed by atoms with Crippen LogP contribution in [0.25, 0.3) is 17.0 Å². The van der Waals surface area contributed by atoms with E-state index in [0.717, 1.165) is 16.5 Å². The normalized spacial score (nSPS) is 10.9. The molecule has 1 amide bonds. The minimum atomic E-state index is -0.476. The molecule has 0 aliphatic rings. The molecule has 1 heterocycles. The van der Waals surface area contributed by atoms with Gasteiger partial charge >= 0.3 is 0 Å². The molecule has 0 radical (unpaired) electrons. The first kappa shape index (κ1) is 17.8. The number of fused-ring (bicyclic) bond motifs is 1. The Morgan fingerprint density at radius 1 is 1.26 bits per heavy atom. The number of carbonyl (C=O) groups is 1. The first-order valence-corrected chi connectivity index (χ1v) is 8.25. The van der Waals surface area contributed by atoms with Crippen molar-refractivity contribution in [1.82, 2.24) is 4.57 Å². The standard InChI is InChI=1S/C22H17N3O2/c1-3-12-25-15-17(20-6-4-5-7-21(20)25)13-16(14-23)22(26)24-18-8-10-19(27-2)11-9-18/h1,4-11,13,15H,12H2,2H3,(H,24,26). The van der Waals surface area contributed by atoms with Crippen molar-refractivity contribution in [3.63, 3.8) is 0 Å². The number of nitrogens with one attached hydrogen (secondary N) is 1. The molecule has 132 valence electrons. The third kappa shape index (κ3) is 3.84. The second-order valence-corrected chi connectivity index (χ2v) is 5.79. The second-order valence-electron chi connectivity index (χ2n) is 5.79. The molecule has 0 aliphatic heterocycles. The summed E-state index contributed by atoms with van der Waals surface area (Å²) < 4.78 is 7.01. The average Bonchev–Trinajstić information content (AvgIpc) is 3.04. The lowest BCUT2D eigenvalue weighted by atomic mass is 10.1. The maximum absolute atomic E-state index is 12.5. The number of methoxy groups -OCH3 is 1. The van der Waals surface area contributed by atoms with Crippen molar-refractivity contribution >= 4 is 28.6 Å². The van der Waals surface area contributed by atoms with Crippen molar-refractivity contribution in [3.8, 4) is 24.2 Å². The van der Waals surface area contributed by atoms with E-state index in [1.54, 1.807) is 37.5 Å². The van der Waals surface area contributed by atoms with Gasteiger partial charge in [0.05, 0.1) is 13.7 Å². The Morgan fingerprint density at radius 3 is 2.67 bits per heavy atom.